The van der Waals surface area contributed by atoms with Gasteiger partial charge in [0, 0.05) is 69.6 Å². The number of nitrogens with zero attached hydrogens (tertiary/aromatic N) is 3. The molecule has 18 N–H and O–H groups in total. The van der Waals surface area contributed by atoms with Crippen LogP contribution in [0.2, 0.25) is 0 Å². The Balaban J connectivity index is 1.11. The van der Waals surface area contributed by atoms with E-state index in [9.17, 15) is 81.7 Å². The number of aromatic nitrogens is 4. The number of nitrogens with one attached hydrogen (secondary N) is 2. The van der Waals surface area contributed by atoms with Gasteiger partial charge in [-0.2, -0.15) is 0 Å². The molecule has 8 aliphatic heterocycles. The number of thioether (sulfide) groups is 4. The molecular weight excluding hydrogens is 1680 g/mol. The van der Waals surface area contributed by atoms with Crippen LogP contribution in [0.25, 0.3) is 79.8 Å². The number of halogens is 16. The van der Waals surface area contributed by atoms with E-state index in [1.54, 1.807) is 0 Å². The Bertz CT molecular complexity index is 4810. The lowest BCUT2D eigenvalue weighted by Crippen LogP contribution is -2.57. The molecule has 8 aliphatic rings. The monoisotopic (exact) mass is 1740 g/mol. The molecule has 45 heteroatoms. The van der Waals surface area contributed by atoms with E-state index in [1.807, 2.05) is 0 Å². The standard InChI is InChI=1S/C71H61F16N5O20S4/c1-92-8-14-15(9-92)51-29(33-40(78)48(86)67(49(87)41(33)79)116-71-63(108)59(104)55(100)25(13-96)112-71)21-7-5-19(90-21)27(31-36(74)44(82)65(45(83)37(31)75)114-69-61(106)57(102)53(98)23(11-94)110-69)17-3-2-16(88-17)26(30-34(72)42(80)64(43(81)35(30)73)113-68-60(105)56(101)52(97)22(10-93)109-68)18-4-6-20(89-18)28(50(14)91-51)32-38(76)46(84)66(47(85)39(32)77)115-70-62(107)58(103)54(99)24(12-95)111-70/h2-7,14-15,22-25,52-63,68-71,88,91,93-108H,8-13H2,1H3/t14?,15?,22-,23-,24-,25-,52-,53-,54-,55-,56+,57+,58+,59+,60-,61-,62-,63-,68+,69+,70+,71+/m1/s1. The number of rotatable bonds is 16. The fraction of sp³-hybridized carbons (Fsp3) is 0.408. The SMILES string of the molecule is CN1CC2c3[nH]c(c(-c4c(F)c(F)c(S[C@@H]5O[C@H](CO)[C@@H](O)[C@H](O)[C@H]5O)c(F)c4F)c4nc(c(-c5c(F)c(F)c(S[C@@H]6O[C@H](CO)[C@@H](O)[C@H](O)[C@H]6O)c(F)c5F)c5ccc([nH]5)c(-c5c(F)c(F)c(S[C@@H]6O[C@H](CO)[C@@H](O)[C@H](O)[C@H]6O)c(F)c5F)c5nc(c3-c3c(F)c(F)c(S[C@@H]6O[C@H](CO)[C@@H](O)[C@H](O)[C@H]6O)c(F)c3F)C=C5)C=C4)C2C1. The van der Waals surface area contributed by atoms with E-state index >= 15 is 70.2 Å². The zero-order valence-electron chi connectivity index (χ0n) is 58.2. The summed E-state index contributed by atoms with van der Waals surface area (Å²) in [6.07, 6.45) is -31.5. The normalized spacial score (nSPS) is 30.4. The molecule has 6 aromatic rings. The minimum atomic E-state index is -2.47. The Morgan fingerprint density at radius 1 is 0.310 bits per heavy atom. The Kier molecular flexibility index (Phi) is 24.3. The first-order valence-corrected chi connectivity index (χ1v) is 38.0. The summed E-state index contributed by atoms with van der Waals surface area (Å²) in [6, 6.07) is 1.28. The third-order valence-electron chi connectivity index (χ3n) is 20.8. The largest absolute Gasteiger partial charge is 0.394 e. The molecular formula is C71H61F16N5O20S4. The van der Waals surface area contributed by atoms with Gasteiger partial charge in [-0.25, -0.2) is 80.2 Å². The summed E-state index contributed by atoms with van der Waals surface area (Å²) in [5.41, 5.74) is -29.3. The van der Waals surface area contributed by atoms with Crippen molar-refractivity contribution in [1.29, 1.82) is 0 Å². The van der Waals surface area contributed by atoms with Crippen LogP contribution in [-0.2, 0) is 18.9 Å². The first-order valence-electron chi connectivity index (χ1n) is 34.4. The van der Waals surface area contributed by atoms with Crippen LogP contribution in [-0.4, -0.2) is 273 Å². The van der Waals surface area contributed by atoms with Gasteiger partial charge in [0.25, 0.3) is 0 Å². The predicted molar refractivity (Wildman–Crippen MR) is 373 cm³/mol. The van der Waals surface area contributed by atoms with Gasteiger partial charge in [-0.15, -0.1) is 0 Å². The smallest absolute Gasteiger partial charge is 0.176 e. The number of aromatic amines is 2. The molecule has 10 heterocycles. The molecule has 25 nitrogen and oxygen atoms in total. The lowest BCUT2D eigenvalue weighted by molar-refractivity contribution is -0.205. The van der Waals surface area contributed by atoms with Crippen LogP contribution >= 0.6 is 47.0 Å². The van der Waals surface area contributed by atoms with E-state index in [1.165, 1.54) is 11.9 Å². The van der Waals surface area contributed by atoms with E-state index in [0.29, 0.717) is 36.4 Å². The summed E-state index contributed by atoms with van der Waals surface area (Å²) in [5.74, 6) is -42.1. The van der Waals surface area contributed by atoms with Crippen LogP contribution in [0.4, 0.5) is 70.2 Å². The molecule has 22 atom stereocenters. The van der Waals surface area contributed by atoms with Crippen molar-refractivity contribution in [2.24, 2.45) is 0 Å². The maximum absolute atomic E-state index is 18.0. The van der Waals surface area contributed by atoms with Crippen LogP contribution < -0.4 is 0 Å². The fourth-order valence-corrected chi connectivity index (χ4v) is 19.3. The molecule has 4 aromatic carbocycles. The zero-order chi connectivity index (χ0) is 84.0. The van der Waals surface area contributed by atoms with Crippen molar-refractivity contribution in [3.05, 3.63) is 139 Å². The van der Waals surface area contributed by atoms with Crippen molar-refractivity contribution in [2.75, 3.05) is 46.6 Å². The van der Waals surface area contributed by atoms with E-state index in [0.717, 1.165) is 0 Å². The second-order valence-electron chi connectivity index (χ2n) is 27.7. The van der Waals surface area contributed by atoms with E-state index in [4.69, 9.17) is 18.9 Å². The summed E-state index contributed by atoms with van der Waals surface area (Å²) in [7, 11) is 1.32. The molecule has 5 saturated heterocycles. The van der Waals surface area contributed by atoms with E-state index in [-0.39, 0.29) is 47.0 Å². The molecule has 0 aliphatic carbocycles. The summed E-state index contributed by atoms with van der Waals surface area (Å²) in [5, 5.41) is 167. The van der Waals surface area contributed by atoms with Crippen molar-refractivity contribution in [3.8, 4) is 44.5 Å². The molecule has 5 fully saturated rings. The van der Waals surface area contributed by atoms with Gasteiger partial charge in [-0.3, -0.25) is 0 Å². The third kappa shape index (κ3) is 14.2. The highest BCUT2D eigenvalue weighted by molar-refractivity contribution is 8.00. The summed E-state index contributed by atoms with van der Waals surface area (Å²) in [4.78, 5) is 8.35. The Morgan fingerprint density at radius 2 is 0.526 bits per heavy atom. The highest BCUT2D eigenvalue weighted by Crippen LogP contribution is 2.55. The second kappa shape index (κ2) is 33.0. The summed E-state index contributed by atoms with van der Waals surface area (Å²) in [6.45, 7) is -5.53. The van der Waals surface area contributed by atoms with Gasteiger partial charge in [0.15, 0.2) is 93.1 Å². The van der Waals surface area contributed by atoms with Gasteiger partial charge in [0.05, 0.1) is 91.0 Å². The molecule has 0 spiro atoms. The van der Waals surface area contributed by atoms with Gasteiger partial charge >= 0.3 is 0 Å². The number of aliphatic hydroxyl groups is 16. The van der Waals surface area contributed by atoms with Crippen LogP contribution in [0.3, 0.4) is 0 Å². The fourth-order valence-electron chi connectivity index (χ4n) is 14.8. The van der Waals surface area contributed by atoms with Crippen molar-refractivity contribution in [2.45, 2.75) is 151 Å². The molecule has 2 unspecified atom stereocenters. The van der Waals surface area contributed by atoms with E-state index in [2.05, 4.69) is 19.9 Å². The number of ether oxygens (including phenoxy) is 4. The van der Waals surface area contributed by atoms with E-state index < -0.39 is 373 Å². The van der Waals surface area contributed by atoms with Gasteiger partial charge in [0.2, 0.25) is 0 Å². The minimum Gasteiger partial charge on any atom is -0.394 e. The number of likely N-dealkylation sites (tertiary alicyclic amines) is 1. The quantitative estimate of drug-likeness (QED) is 0.0462. The Hall–Kier alpha value is -6.82. The molecule has 14 rings (SSSR count). The lowest BCUT2D eigenvalue weighted by Gasteiger charge is -2.39. The highest BCUT2D eigenvalue weighted by atomic mass is 32.2. The van der Waals surface area contributed by atoms with Crippen LogP contribution in [0, 0.1) is 93.1 Å². The number of likely N-dealkylation sites (N-methyl/N-ethyl adjacent to an activating group) is 1. The highest BCUT2D eigenvalue weighted by Gasteiger charge is 2.52. The molecule has 116 heavy (non-hydrogen) atoms. The molecule has 2 aromatic heterocycles. The first kappa shape index (κ1) is 85.6. The number of benzene rings is 4. The summed E-state index contributed by atoms with van der Waals surface area (Å²) >= 11 is -1.42. The lowest BCUT2D eigenvalue weighted by atomic mass is 9.86. The van der Waals surface area contributed by atoms with Crippen molar-refractivity contribution >= 4 is 82.4 Å². The molecule has 626 valence electrons. The second-order valence-corrected chi connectivity index (χ2v) is 32.1. The molecule has 0 amide bonds. The minimum absolute atomic E-state index is 0.348. The maximum Gasteiger partial charge on any atom is 0.176 e. The third-order valence-corrected chi connectivity index (χ3v) is 25.7. The predicted octanol–water partition coefficient (Wildman–Crippen LogP) is 4.65. The number of H-pyrrole nitrogens is 2. The number of hydrogen-bond donors (Lipinski definition) is 18. The average Bonchev–Trinajstić information content (AvgIpc) is 1.55. The molecule has 0 saturated carbocycles. The zero-order valence-corrected chi connectivity index (χ0v) is 61.5. The van der Waals surface area contributed by atoms with Gasteiger partial charge in [0.1, 0.15) is 119 Å². The maximum atomic E-state index is 18.0. The number of aliphatic hydroxyl groups excluding tert-OH is 16. The van der Waals surface area contributed by atoms with Crippen LogP contribution in [0.5, 0.6) is 0 Å². The molecule has 8 bridgehead atoms. The van der Waals surface area contributed by atoms with Crippen LogP contribution in [0.1, 0.15) is 46.0 Å². The Labute approximate surface area is 656 Å². The van der Waals surface area contributed by atoms with Crippen molar-refractivity contribution in [1.82, 2.24) is 24.8 Å². The van der Waals surface area contributed by atoms with Gasteiger partial charge in [-0.05, 0) is 43.5 Å². The van der Waals surface area contributed by atoms with Crippen molar-refractivity contribution < 1.29 is 171 Å². The van der Waals surface area contributed by atoms with Crippen molar-refractivity contribution in [3.63, 3.8) is 0 Å². The first-order chi connectivity index (χ1) is 54.9. The summed E-state index contributed by atoms with van der Waals surface area (Å²) < 4.78 is 303. The van der Waals surface area contributed by atoms with Gasteiger partial charge in [-0.1, -0.05) is 47.0 Å². The van der Waals surface area contributed by atoms with Crippen LogP contribution in [0.15, 0.2) is 31.7 Å². The number of hydrogen-bond acceptors (Lipinski definition) is 27. The number of fused-ring (bicyclic) bond motifs is 11. The Morgan fingerprint density at radius 3 is 0.750 bits per heavy atom. The average molecular weight is 1740 g/mol. The molecule has 0 radical (unpaired) electrons. The van der Waals surface area contributed by atoms with Gasteiger partial charge < -0.3 is 116 Å². The topological polar surface area (TPSA) is 421 Å².